The number of halogens is 1. The summed E-state index contributed by atoms with van der Waals surface area (Å²) in [7, 11) is 0. The molecule has 104 valence electrons. The van der Waals surface area contributed by atoms with Crippen LogP contribution < -0.4 is 5.32 Å². The molecule has 1 aliphatic rings. The highest BCUT2D eigenvalue weighted by atomic mass is 79.9. The second kappa shape index (κ2) is 5.66. The molecule has 2 nitrogen and oxygen atoms in total. The highest BCUT2D eigenvalue weighted by molar-refractivity contribution is 9.09. The van der Waals surface area contributed by atoms with E-state index in [9.17, 15) is 4.79 Å². The van der Waals surface area contributed by atoms with Gasteiger partial charge in [-0.25, -0.2) is 0 Å². The molecule has 1 N–H and O–H groups in total. The maximum Gasteiger partial charge on any atom is 0.251 e. The fourth-order valence-corrected chi connectivity index (χ4v) is 2.86. The van der Waals surface area contributed by atoms with Crippen molar-refractivity contribution in [3.05, 3.63) is 34.9 Å². The topological polar surface area (TPSA) is 29.1 Å². The van der Waals surface area contributed by atoms with Gasteiger partial charge in [0.05, 0.1) is 0 Å². The van der Waals surface area contributed by atoms with Crippen LogP contribution in [0.2, 0.25) is 0 Å². The highest BCUT2D eigenvalue weighted by Gasteiger charge is 2.19. The lowest BCUT2D eigenvalue weighted by atomic mass is 9.88. The number of rotatable bonds is 3. The Kier molecular flexibility index (Phi) is 4.34. The maximum absolute atomic E-state index is 11.9. The molecule has 2 rings (SSSR count). The van der Waals surface area contributed by atoms with Gasteiger partial charge in [0.25, 0.3) is 5.91 Å². The molecule has 1 amide bonds. The van der Waals surface area contributed by atoms with Gasteiger partial charge in [-0.05, 0) is 41.9 Å². The third-order valence-electron chi connectivity index (χ3n) is 3.57. The Morgan fingerprint density at radius 2 is 2.11 bits per heavy atom. The Hall–Kier alpha value is -0.830. The summed E-state index contributed by atoms with van der Waals surface area (Å²) in [6.45, 7) is 7.53. The number of fused-ring (bicyclic) bond motifs is 1. The van der Waals surface area contributed by atoms with Crippen molar-refractivity contribution in [3.8, 4) is 0 Å². The minimum absolute atomic E-state index is 0.0682. The van der Waals surface area contributed by atoms with Gasteiger partial charge in [0.15, 0.2) is 0 Å². The molecule has 0 aliphatic carbocycles. The number of nitrogens with one attached hydrogen (secondary N) is 1. The minimum atomic E-state index is 0.0682. The number of hydrogen-bond donors (Lipinski definition) is 1. The molecule has 1 atom stereocenters. The summed E-state index contributed by atoms with van der Waals surface area (Å²) in [5.74, 6) is 0.0682. The van der Waals surface area contributed by atoms with Crippen molar-refractivity contribution in [3.63, 3.8) is 0 Å². The molecular weight excluding hydrogens is 302 g/mol. The Labute approximate surface area is 124 Å². The number of carbonyl (C=O) groups is 1. The summed E-state index contributed by atoms with van der Waals surface area (Å²) in [6, 6.07) is 6.31. The van der Waals surface area contributed by atoms with E-state index >= 15 is 0 Å². The zero-order valence-electron chi connectivity index (χ0n) is 11.9. The number of benzene rings is 1. The normalized spacial score (nSPS) is 16.7. The summed E-state index contributed by atoms with van der Waals surface area (Å²) in [5, 5.41) is 2.91. The molecule has 0 radical (unpaired) electrons. The van der Waals surface area contributed by atoms with Crippen LogP contribution in [0.4, 0.5) is 0 Å². The van der Waals surface area contributed by atoms with E-state index in [2.05, 4.69) is 54.2 Å². The minimum Gasteiger partial charge on any atom is -0.352 e. The first-order chi connectivity index (χ1) is 8.87. The van der Waals surface area contributed by atoms with Crippen molar-refractivity contribution in [1.29, 1.82) is 0 Å². The molecule has 0 bridgehead atoms. The van der Waals surface area contributed by atoms with Crippen LogP contribution in [0.1, 0.15) is 59.9 Å². The number of hydrogen-bond acceptors (Lipinski definition) is 1. The standard InChI is InChI=1S/C16H22BrNO/c1-16(2,3)8-6-14(17)12-5-4-11-7-9-18-15(19)13(11)10-12/h4-5,10,14H,6-9H2,1-3H3,(H,18,19). The molecule has 0 saturated heterocycles. The Balaban J connectivity index is 2.13. The molecule has 0 saturated carbocycles. The molecule has 0 spiro atoms. The highest BCUT2D eigenvalue weighted by Crippen LogP contribution is 2.34. The van der Waals surface area contributed by atoms with Crippen molar-refractivity contribution in [2.24, 2.45) is 5.41 Å². The molecule has 1 aromatic rings. The average Bonchev–Trinajstić information content (AvgIpc) is 2.35. The van der Waals surface area contributed by atoms with E-state index in [1.807, 2.05) is 6.07 Å². The van der Waals surface area contributed by atoms with Crippen LogP contribution in [-0.2, 0) is 6.42 Å². The van der Waals surface area contributed by atoms with Crippen LogP contribution in [0, 0.1) is 5.41 Å². The smallest absolute Gasteiger partial charge is 0.251 e. The monoisotopic (exact) mass is 323 g/mol. The van der Waals surface area contributed by atoms with Crippen molar-refractivity contribution in [2.45, 2.75) is 44.9 Å². The van der Waals surface area contributed by atoms with E-state index in [-0.39, 0.29) is 5.91 Å². The Bertz CT molecular complexity index is 476. The van der Waals surface area contributed by atoms with Gasteiger partial charge in [-0.2, -0.15) is 0 Å². The summed E-state index contributed by atoms with van der Waals surface area (Å²) in [6.07, 6.45) is 3.19. The van der Waals surface area contributed by atoms with Gasteiger partial charge in [0.2, 0.25) is 0 Å². The van der Waals surface area contributed by atoms with Crippen molar-refractivity contribution in [2.75, 3.05) is 6.54 Å². The third kappa shape index (κ3) is 3.82. The van der Waals surface area contributed by atoms with E-state index in [1.54, 1.807) is 0 Å². The number of alkyl halides is 1. The predicted molar refractivity (Wildman–Crippen MR) is 82.8 cm³/mol. The summed E-state index contributed by atoms with van der Waals surface area (Å²) in [4.78, 5) is 12.2. The molecule has 1 unspecified atom stereocenters. The summed E-state index contributed by atoms with van der Waals surface area (Å²) in [5.41, 5.74) is 3.57. The fraction of sp³-hybridized carbons (Fsp3) is 0.562. The second-order valence-corrected chi connectivity index (χ2v) is 7.59. The lowest BCUT2D eigenvalue weighted by Gasteiger charge is -2.22. The lowest BCUT2D eigenvalue weighted by Crippen LogP contribution is -2.31. The van der Waals surface area contributed by atoms with E-state index in [1.165, 1.54) is 11.1 Å². The van der Waals surface area contributed by atoms with Crippen molar-refractivity contribution < 1.29 is 4.79 Å². The molecule has 0 aromatic heterocycles. The van der Waals surface area contributed by atoms with Crippen molar-refractivity contribution in [1.82, 2.24) is 5.32 Å². The SMILES string of the molecule is CC(C)(C)CCC(Br)c1ccc2c(c1)C(=O)NCC2. The van der Waals surface area contributed by atoms with Gasteiger partial charge >= 0.3 is 0 Å². The Morgan fingerprint density at radius 3 is 2.79 bits per heavy atom. The van der Waals surface area contributed by atoms with Gasteiger partial charge in [-0.1, -0.05) is 48.8 Å². The molecule has 1 heterocycles. The van der Waals surface area contributed by atoms with E-state index < -0.39 is 0 Å². The van der Waals surface area contributed by atoms with Gasteiger partial charge in [-0.15, -0.1) is 0 Å². The number of carbonyl (C=O) groups excluding carboxylic acids is 1. The van der Waals surface area contributed by atoms with Crippen LogP contribution in [0.5, 0.6) is 0 Å². The van der Waals surface area contributed by atoms with Gasteiger partial charge in [0.1, 0.15) is 0 Å². The van der Waals surface area contributed by atoms with Gasteiger partial charge in [0, 0.05) is 16.9 Å². The van der Waals surface area contributed by atoms with Crippen LogP contribution in [0.15, 0.2) is 18.2 Å². The van der Waals surface area contributed by atoms with E-state index in [4.69, 9.17) is 0 Å². The second-order valence-electron chi connectivity index (χ2n) is 6.49. The first-order valence-corrected chi connectivity index (χ1v) is 7.83. The van der Waals surface area contributed by atoms with Crippen molar-refractivity contribution >= 4 is 21.8 Å². The van der Waals surface area contributed by atoms with E-state index in [0.717, 1.165) is 31.4 Å². The largest absolute Gasteiger partial charge is 0.352 e. The molecular formula is C16H22BrNO. The number of amides is 1. The lowest BCUT2D eigenvalue weighted by molar-refractivity contribution is 0.0946. The predicted octanol–water partition coefficient (Wildman–Crippen LogP) is 4.23. The average molecular weight is 324 g/mol. The van der Waals surface area contributed by atoms with E-state index in [0.29, 0.717) is 10.2 Å². The van der Waals surface area contributed by atoms with Crippen LogP contribution in [0.3, 0.4) is 0 Å². The first-order valence-electron chi connectivity index (χ1n) is 6.92. The summed E-state index contributed by atoms with van der Waals surface area (Å²) >= 11 is 3.75. The fourth-order valence-electron chi connectivity index (χ4n) is 2.35. The van der Waals surface area contributed by atoms with Crippen LogP contribution in [-0.4, -0.2) is 12.5 Å². The van der Waals surface area contributed by atoms with Crippen LogP contribution >= 0.6 is 15.9 Å². The molecule has 1 aromatic carbocycles. The zero-order valence-corrected chi connectivity index (χ0v) is 13.5. The maximum atomic E-state index is 11.9. The van der Waals surface area contributed by atoms with Crippen LogP contribution in [0.25, 0.3) is 0 Å². The molecule has 3 heteroatoms. The quantitative estimate of drug-likeness (QED) is 0.828. The van der Waals surface area contributed by atoms with Gasteiger partial charge in [-0.3, -0.25) is 4.79 Å². The summed E-state index contributed by atoms with van der Waals surface area (Å²) < 4.78 is 0. The Morgan fingerprint density at radius 1 is 1.37 bits per heavy atom. The third-order valence-corrected chi connectivity index (χ3v) is 4.55. The first kappa shape index (κ1) is 14.6. The molecule has 19 heavy (non-hydrogen) atoms. The molecule has 1 aliphatic heterocycles. The molecule has 0 fully saturated rings. The zero-order chi connectivity index (χ0) is 14.0. The van der Waals surface area contributed by atoms with Gasteiger partial charge < -0.3 is 5.32 Å².